The van der Waals surface area contributed by atoms with Crippen LogP contribution in [0, 0.1) is 26.6 Å². The Kier molecular flexibility index (Phi) is 4.40. The zero-order valence-corrected chi connectivity index (χ0v) is 12.4. The van der Waals surface area contributed by atoms with Gasteiger partial charge in [-0.25, -0.2) is 4.39 Å². The van der Waals surface area contributed by atoms with Crippen molar-refractivity contribution in [2.75, 3.05) is 7.05 Å². The fourth-order valence-electron chi connectivity index (χ4n) is 2.22. The smallest absolute Gasteiger partial charge is 0.130 e. The first kappa shape index (κ1) is 14.5. The van der Waals surface area contributed by atoms with Gasteiger partial charge >= 0.3 is 0 Å². The number of ether oxygens (including phenoxy) is 1. The highest BCUT2D eigenvalue weighted by atomic mass is 19.1. The van der Waals surface area contributed by atoms with Crippen molar-refractivity contribution < 1.29 is 9.13 Å². The minimum Gasteiger partial charge on any atom is -0.457 e. The van der Waals surface area contributed by atoms with Crippen LogP contribution in [0.1, 0.15) is 22.3 Å². The third-order valence-corrected chi connectivity index (χ3v) is 3.30. The molecule has 0 saturated heterocycles. The third-order valence-electron chi connectivity index (χ3n) is 3.30. The van der Waals surface area contributed by atoms with E-state index in [1.807, 2.05) is 40.0 Å². The molecular weight excluding hydrogens is 253 g/mol. The van der Waals surface area contributed by atoms with Crippen LogP contribution < -0.4 is 10.1 Å². The zero-order valence-electron chi connectivity index (χ0n) is 12.4. The van der Waals surface area contributed by atoms with Gasteiger partial charge in [0.2, 0.25) is 0 Å². The van der Waals surface area contributed by atoms with Crippen LogP contribution in [0.25, 0.3) is 0 Å². The van der Waals surface area contributed by atoms with E-state index in [1.54, 1.807) is 0 Å². The molecule has 0 radical (unpaired) electrons. The van der Waals surface area contributed by atoms with Gasteiger partial charge in [0.1, 0.15) is 17.3 Å². The second kappa shape index (κ2) is 6.06. The molecule has 2 nitrogen and oxygen atoms in total. The lowest BCUT2D eigenvalue weighted by Gasteiger charge is -2.13. The van der Waals surface area contributed by atoms with E-state index in [9.17, 15) is 4.39 Å². The van der Waals surface area contributed by atoms with Crippen molar-refractivity contribution in [3.63, 3.8) is 0 Å². The van der Waals surface area contributed by atoms with E-state index >= 15 is 0 Å². The Morgan fingerprint density at radius 1 is 1.05 bits per heavy atom. The van der Waals surface area contributed by atoms with Crippen molar-refractivity contribution >= 4 is 0 Å². The second-order valence-electron chi connectivity index (χ2n) is 5.13. The van der Waals surface area contributed by atoms with Gasteiger partial charge in [-0.05, 0) is 68.3 Å². The number of hydrogen-bond acceptors (Lipinski definition) is 2. The van der Waals surface area contributed by atoms with Gasteiger partial charge in [0.05, 0.1) is 0 Å². The van der Waals surface area contributed by atoms with E-state index in [4.69, 9.17) is 4.74 Å². The van der Waals surface area contributed by atoms with E-state index < -0.39 is 0 Å². The summed E-state index contributed by atoms with van der Waals surface area (Å²) in [7, 11) is 1.83. The van der Waals surface area contributed by atoms with Gasteiger partial charge in [0.15, 0.2) is 0 Å². The summed E-state index contributed by atoms with van der Waals surface area (Å²) in [5.74, 6) is 1.03. The largest absolute Gasteiger partial charge is 0.457 e. The average molecular weight is 273 g/mol. The first-order valence-electron chi connectivity index (χ1n) is 6.69. The summed E-state index contributed by atoms with van der Waals surface area (Å²) in [6, 6.07) is 8.87. The summed E-state index contributed by atoms with van der Waals surface area (Å²) in [6.45, 7) is 6.70. The Labute approximate surface area is 119 Å². The zero-order chi connectivity index (χ0) is 14.7. The van der Waals surface area contributed by atoms with Crippen LogP contribution in [0.4, 0.5) is 4.39 Å². The summed E-state index contributed by atoms with van der Waals surface area (Å²) in [5, 5.41) is 3.01. The summed E-state index contributed by atoms with van der Waals surface area (Å²) in [5.41, 5.74) is 4.25. The Hall–Kier alpha value is -1.87. The molecule has 0 aliphatic rings. The van der Waals surface area contributed by atoms with Crippen molar-refractivity contribution in [3.8, 4) is 11.5 Å². The quantitative estimate of drug-likeness (QED) is 0.898. The van der Waals surface area contributed by atoms with Gasteiger partial charge in [-0.1, -0.05) is 6.07 Å². The van der Waals surface area contributed by atoms with Crippen molar-refractivity contribution in [3.05, 3.63) is 58.4 Å². The SMILES string of the molecule is CNCc1cc(F)cc(Oc2cc(C)cc(C)c2C)c1. The number of rotatable bonds is 4. The van der Waals surface area contributed by atoms with Crippen LogP contribution >= 0.6 is 0 Å². The molecule has 0 spiro atoms. The number of nitrogens with one attached hydrogen (secondary N) is 1. The molecule has 0 unspecified atom stereocenters. The summed E-state index contributed by atoms with van der Waals surface area (Å²) in [6.07, 6.45) is 0. The fraction of sp³-hybridized carbons (Fsp3) is 0.294. The molecule has 2 rings (SSSR count). The Morgan fingerprint density at radius 3 is 2.50 bits per heavy atom. The minimum absolute atomic E-state index is 0.283. The summed E-state index contributed by atoms with van der Waals surface area (Å²) >= 11 is 0. The second-order valence-corrected chi connectivity index (χ2v) is 5.13. The molecule has 0 aromatic heterocycles. The molecule has 0 aliphatic heterocycles. The van der Waals surface area contributed by atoms with Gasteiger partial charge in [0.25, 0.3) is 0 Å². The molecular formula is C17H20FNO. The molecule has 0 amide bonds. The third kappa shape index (κ3) is 3.36. The van der Waals surface area contributed by atoms with Gasteiger partial charge in [-0.15, -0.1) is 0 Å². The average Bonchev–Trinajstić information content (AvgIpc) is 2.35. The highest BCUT2D eigenvalue weighted by Crippen LogP contribution is 2.29. The van der Waals surface area contributed by atoms with Gasteiger partial charge < -0.3 is 10.1 Å². The molecule has 2 aromatic carbocycles. The Balaban J connectivity index is 2.34. The predicted molar refractivity (Wildman–Crippen MR) is 79.9 cm³/mol. The van der Waals surface area contributed by atoms with Crippen LogP contribution in [0.2, 0.25) is 0 Å². The lowest BCUT2D eigenvalue weighted by molar-refractivity contribution is 0.471. The lowest BCUT2D eigenvalue weighted by atomic mass is 10.1. The van der Waals surface area contributed by atoms with E-state index in [0.717, 1.165) is 22.4 Å². The van der Waals surface area contributed by atoms with Crippen molar-refractivity contribution in [1.82, 2.24) is 5.32 Å². The first-order valence-corrected chi connectivity index (χ1v) is 6.69. The van der Waals surface area contributed by atoms with Crippen LogP contribution in [-0.4, -0.2) is 7.05 Å². The Bertz CT molecular complexity index is 623. The van der Waals surface area contributed by atoms with Crippen molar-refractivity contribution in [2.45, 2.75) is 27.3 Å². The molecule has 0 heterocycles. The van der Waals surface area contributed by atoms with Crippen molar-refractivity contribution in [1.29, 1.82) is 0 Å². The van der Waals surface area contributed by atoms with Crippen LogP contribution in [0.5, 0.6) is 11.5 Å². The van der Waals surface area contributed by atoms with Gasteiger partial charge in [-0.2, -0.15) is 0 Å². The number of halogens is 1. The molecule has 0 atom stereocenters. The van der Waals surface area contributed by atoms with E-state index in [0.29, 0.717) is 12.3 Å². The topological polar surface area (TPSA) is 21.3 Å². The van der Waals surface area contributed by atoms with Crippen LogP contribution in [-0.2, 0) is 6.54 Å². The van der Waals surface area contributed by atoms with E-state index in [2.05, 4.69) is 11.4 Å². The highest BCUT2D eigenvalue weighted by molar-refractivity contribution is 5.44. The molecule has 106 valence electrons. The molecule has 3 heteroatoms. The standard InChI is InChI=1S/C17H20FNO/c1-11-5-12(2)13(3)17(6-11)20-16-8-14(10-19-4)7-15(18)9-16/h5-9,19H,10H2,1-4H3. The van der Waals surface area contributed by atoms with Gasteiger partial charge in [0, 0.05) is 12.6 Å². The van der Waals surface area contributed by atoms with Crippen LogP contribution in [0.15, 0.2) is 30.3 Å². The van der Waals surface area contributed by atoms with E-state index in [1.165, 1.54) is 17.7 Å². The van der Waals surface area contributed by atoms with Crippen molar-refractivity contribution in [2.24, 2.45) is 0 Å². The number of aryl methyl sites for hydroxylation is 2. The minimum atomic E-state index is -0.283. The first-order chi connectivity index (χ1) is 9.49. The maximum atomic E-state index is 13.6. The fourth-order valence-corrected chi connectivity index (χ4v) is 2.22. The molecule has 2 aromatic rings. The molecule has 1 N–H and O–H groups in total. The summed E-state index contributed by atoms with van der Waals surface area (Å²) < 4.78 is 19.5. The normalized spacial score (nSPS) is 10.7. The molecule has 0 bridgehead atoms. The molecule has 20 heavy (non-hydrogen) atoms. The Morgan fingerprint density at radius 2 is 1.80 bits per heavy atom. The number of hydrogen-bond donors (Lipinski definition) is 1. The molecule has 0 saturated carbocycles. The van der Waals surface area contributed by atoms with Crippen LogP contribution in [0.3, 0.4) is 0 Å². The lowest BCUT2D eigenvalue weighted by Crippen LogP contribution is -2.05. The monoisotopic (exact) mass is 273 g/mol. The van der Waals surface area contributed by atoms with E-state index in [-0.39, 0.29) is 5.82 Å². The molecule has 0 aliphatic carbocycles. The maximum Gasteiger partial charge on any atom is 0.130 e. The van der Waals surface area contributed by atoms with Gasteiger partial charge in [-0.3, -0.25) is 0 Å². The predicted octanol–water partition coefficient (Wildman–Crippen LogP) is 4.26. The summed E-state index contributed by atoms with van der Waals surface area (Å²) in [4.78, 5) is 0. The maximum absolute atomic E-state index is 13.6. The highest BCUT2D eigenvalue weighted by Gasteiger charge is 2.07. The number of benzene rings is 2. The molecule has 0 fully saturated rings.